The fourth-order valence-corrected chi connectivity index (χ4v) is 1.36. The number of anilines is 1. The monoisotopic (exact) mass is 210 g/mol. The van der Waals surface area contributed by atoms with Gasteiger partial charge in [-0.1, -0.05) is 0 Å². The second kappa shape index (κ2) is 3.66. The molecule has 0 saturated heterocycles. The lowest BCUT2D eigenvalue weighted by atomic mass is 10.0. The summed E-state index contributed by atoms with van der Waals surface area (Å²) in [5.41, 5.74) is 12.9. The lowest BCUT2D eigenvalue weighted by Crippen LogP contribution is -2.36. The van der Waals surface area contributed by atoms with Gasteiger partial charge in [0, 0.05) is 12.0 Å². The molecule has 0 spiro atoms. The van der Waals surface area contributed by atoms with E-state index in [1.54, 1.807) is 27.7 Å². The van der Waals surface area contributed by atoms with E-state index in [2.05, 4.69) is 5.10 Å². The van der Waals surface area contributed by atoms with Crippen molar-refractivity contribution >= 4 is 11.6 Å². The molecular weight excluding hydrogens is 192 g/mol. The molecule has 4 N–H and O–H groups in total. The molecule has 0 unspecified atom stereocenters. The number of hydrogen-bond acceptors (Lipinski definition) is 4. The number of aryl methyl sites for hydroxylation is 1. The Bertz CT molecular complexity index is 387. The molecule has 5 heteroatoms. The van der Waals surface area contributed by atoms with Crippen molar-refractivity contribution in [3.05, 3.63) is 11.4 Å². The summed E-state index contributed by atoms with van der Waals surface area (Å²) >= 11 is 0. The van der Waals surface area contributed by atoms with Gasteiger partial charge in [-0.15, -0.1) is 0 Å². The van der Waals surface area contributed by atoms with E-state index in [0.717, 1.165) is 0 Å². The summed E-state index contributed by atoms with van der Waals surface area (Å²) in [4.78, 5) is 11.8. The molecule has 0 amide bonds. The van der Waals surface area contributed by atoms with Crippen LogP contribution in [-0.4, -0.2) is 21.2 Å². The van der Waals surface area contributed by atoms with E-state index in [4.69, 9.17) is 11.5 Å². The number of aromatic nitrogens is 2. The topological polar surface area (TPSA) is 86.9 Å². The molecule has 1 rings (SSSR count). The number of carbonyl (C=O) groups is 1. The first-order valence-corrected chi connectivity index (χ1v) is 4.86. The summed E-state index contributed by atoms with van der Waals surface area (Å²) in [5.74, 6) is -0.125. The number of nitrogen functional groups attached to an aromatic ring is 1. The second-order valence-electron chi connectivity index (χ2n) is 4.56. The highest BCUT2D eigenvalue weighted by molar-refractivity contribution is 5.81. The van der Waals surface area contributed by atoms with Crippen molar-refractivity contribution in [1.29, 1.82) is 0 Å². The zero-order chi connectivity index (χ0) is 11.8. The SMILES string of the molecule is Cc1nn(C(=O)CC(C)(C)N)c(C)c1N. The number of nitrogens with zero attached hydrogens (tertiary/aromatic N) is 2. The van der Waals surface area contributed by atoms with E-state index in [1.807, 2.05) is 0 Å². The Morgan fingerprint density at radius 3 is 2.33 bits per heavy atom. The lowest BCUT2D eigenvalue weighted by Gasteiger charge is -2.17. The largest absolute Gasteiger partial charge is 0.396 e. The first-order valence-electron chi connectivity index (χ1n) is 4.86. The fraction of sp³-hybridized carbons (Fsp3) is 0.600. The minimum Gasteiger partial charge on any atom is -0.396 e. The molecule has 5 nitrogen and oxygen atoms in total. The zero-order valence-corrected chi connectivity index (χ0v) is 9.66. The summed E-state index contributed by atoms with van der Waals surface area (Å²) in [5, 5.41) is 4.08. The third-order valence-corrected chi connectivity index (χ3v) is 2.19. The van der Waals surface area contributed by atoms with Crippen molar-refractivity contribution in [2.45, 2.75) is 39.7 Å². The zero-order valence-electron chi connectivity index (χ0n) is 9.66. The van der Waals surface area contributed by atoms with Crippen molar-refractivity contribution in [2.75, 3.05) is 5.73 Å². The van der Waals surface area contributed by atoms with Crippen LogP contribution in [0.3, 0.4) is 0 Å². The Labute approximate surface area is 89.4 Å². The Hall–Kier alpha value is -1.36. The number of nitrogens with two attached hydrogens (primary N) is 2. The normalized spacial score (nSPS) is 11.8. The molecule has 1 aromatic heterocycles. The van der Waals surface area contributed by atoms with Gasteiger partial charge >= 0.3 is 0 Å². The molecule has 1 aromatic rings. The van der Waals surface area contributed by atoms with Crippen LogP contribution in [0.15, 0.2) is 0 Å². The Balaban J connectivity index is 2.98. The van der Waals surface area contributed by atoms with Crippen molar-refractivity contribution in [1.82, 2.24) is 9.78 Å². The van der Waals surface area contributed by atoms with Crippen LogP contribution in [0.1, 0.15) is 36.5 Å². The van der Waals surface area contributed by atoms with Crippen molar-refractivity contribution in [2.24, 2.45) is 5.73 Å². The average molecular weight is 210 g/mol. The van der Waals surface area contributed by atoms with Crippen LogP contribution in [0, 0.1) is 13.8 Å². The summed E-state index contributed by atoms with van der Waals surface area (Å²) in [6.45, 7) is 7.16. The first kappa shape index (κ1) is 11.7. The first-order chi connectivity index (χ1) is 6.72. The lowest BCUT2D eigenvalue weighted by molar-refractivity contribution is 0.0859. The summed E-state index contributed by atoms with van der Waals surface area (Å²) in [7, 11) is 0. The molecule has 0 aliphatic rings. The minimum absolute atomic E-state index is 0.125. The molecule has 15 heavy (non-hydrogen) atoms. The molecular formula is C10H18N4O. The third-order valence-electron chi connectivity index (χ3n) is 2.19. The number of carbonyl (C=O) groups excluding carboxylic acids is 1. The Morgan fingerprint density at radius 1 is 1.47 bits per heavy atom. The van der Waals surface area contributed by atoms with E-state index >= 15 is 0 Å². The van der Waals surface area contributed by atoms with Gasteiger partial charge in [-0.05, 0) is 27.7 Å². The summed E-state index contributed by atoms with van der Waals surface area (Å²) < 4.78 is 1.33. The highest BCUT2D eigenvalue weighted by Crippen LogP contribution is 2.16. The summed E-state index contributed by atoms with van der Waals surface area (Å²) in [6.07, 6.45) is 0.244. The Morgan fingerprint density at radius 2 is 2.00 bits per heavy atom. The van der Waals surface area contributed by atoms with Gasteiger partial charge in [0.2, 0.25) is 5.91 Å². The van der Waals surface area contributed by atoms with Gasteiger partial charge in [0.25, 0.3) is 0 Å². The quantitative estimate of drug-likeness (QED) is 0.757. The minimum atomic E-state index is -0.530. The third kappa shape index (κ3) is 2.56. The molecule has 0 aliphatic heterocycles. The molecule has 0 atom stereocenters. The maximum Gasteiger partial charge on any atom is 0.248 e. The standard InChI is InChI=1S/C10H18N4O/c1-6-9(11)7(2)14(13-6)8(15)5-10(3,4)12/h5,11-12H2,1-4H3. The van der Waals surface area contributed by atoms with Crippen molar-refractivity contribution in [3.63, 3.8) is 0 Å². The van der Waals surface area contributed by atoms with E-state index in [9.17, 15) is 4.79 Å². The summed E-state index contributed by atoms with van der Waals surface area (Å²) in [6, 6.07) is 0. The van der Waals surface area contributed by atoms with Gasteiger partial charge in [-0.3, -0.25) is 4.79 Å². The van der Waals surface area contributed by atoms with E-state index in [0.29, 0.717) is 17.1 Å². The molecule has 84 valence electrons. The van der Waals surface area contributed by atoms with E-state index in [-0.39, 0.29) is 12.3 Å². The molecule has 1 heterocycles. The van der Waals surface area contributed by atoms with Crippen LogP contribution in [0.4, 0.5) is 5.69 Å². The maximum atomic E-state index is 11.8. The van der Waals surface area contributed by atoms with Crippen molar-refractivity contribution < 1.29 is 4.79 Å². The molecule has 0 fully saturated rings. The van der Waals surface area contributed by atoms with E-state index in [1.165, 1.54) is 4.68 Å². The predicted octanol–water partition coefficient (Wildman–Crippen LogP) is 0.850. The van der Waals surface area contributed by atoms with Crippen LogP contribution < -0.4 is 11.5 Å². The molecule has 0 aliphatic carbocycles. The van der Waals surface area contributed by atoms with Gasteiger partial charge in [-0.25, -0.2) is 4.68 Å². The van der Waals surface area contributed by atoms with Crippen LogP contribution in [0.5, 0.6) is 0 Å². The van der Waals surface area contributed by atoms with Gasteiger partial charge < -0.3 is 11.5 Å². The average Bonchev–Trinajstić information content (AvgIpc) is 2.30. The van der Waals surface area contributed by atoms with E-state index < -0.39 is 5.54 Å². The molecule has 0 bridgehead atoms. The maximum absolute atomic E-state index is 11.8. The number of hydrogen-bond donors (Lipinski definition) is 2. The highest BCUT2D eigenvalue weighted by atomic mass is 16.2. The van der Waals surface area contributed by atoms with Gasteiger partial charge in [-0.2, -0.15) is 5.10 Å². The number of rotatable bonds is 2. The van der Waals surface area contributed by atoms with Gasteiger partial charge in [0.1, 0.15) is 0 Å². The Kier molecular flexibility index (Phi) is 2.86. The van der Waals surface area contributed by atoms with Crippen LogP contribution in [-0.2, 0) is 0 Å². The van der Waals surface area contributed by atoms with Gasteiger partial charge in [0.05, 0.1) is 17.1 Å². The predicted molar refractivity (Wildman–Crippen MR) is 59.6 cm³/mol. The van der Waals surface area contributed by atoms with Crippen molar-refractivity contribution in [3.8, 4) is 0 Å². The second-order valence-corrected chi connectivity index (χ2v) is 4.56. The van der Waals surface area contributed by atoms with Crippen LogP contribution in [0.25, 0.3) is 0 Å². The molecule has 0 saturated carbocycles. The fourth-order valence-electron chi connectivity index (χ4n) is 1.36. The smallest absolute Gasteiger partial charge is 0.248 e. The van der Waals surface area contributed by atoms with Gasteiger partial charge in [0.15, 0.2) is 0 Å². The highest BCUT2D eigenvalue weighted by Gasteiger charge is 2.21. The van der Waals surface area contributed by atoms with Crippen LogP contribution >= 0.6 is 0 Å². The molecule has 0 aromatic carbocycles. The van der Waals surface area contributed by atoms with Crippen LogP contribution in [0.2, 0.25) is 0 Å². The molecule has 0 radical (unpaired) electrons.